The summed E-state index contributed by atoms with van der Waals surface area (Å²) in [5.41, 5.74) is 4.78. The lowest BCUT2D eigenvalue weighted by atomic mass is 9.90. The molecule has 2 N–H and O–H groups in total. The van der Waals surface area contributed by atoms with Gasteiger partial charge in [-0.25, -0.2) is 0 Å². The van der Waals surface area contributed by atoms with Crippen molar-refractivity contribution in [2.45, 2.75) is 38.5 Å². The third-order valence-corrected chi connectivity index (χ3v) is 5.37. The summed E-state index contributed by atoms with van der Waals surface area (Å²) in [7, 11) is 1.39. The predicted molar refractivity (Wildman–Crippen MR) is 118 cm³/mol. The molecular weight excluding hydrogens is 388 g/mol. The van der Waals surface area contributed by atoms with Crippen molar-refractivity contribution in [2.24, 2.45) is 0 Å². The molecule has 3 rings (SSSR count). The van der Waals surface area contributed by atoms with E-state index in [9.17, 15) is 9.59 Å². The third-order valence-electron chi connectivity index (χ3n) is 5.37. The molecule has 29 heavy (non-hydrogen) atoms. The normalized spacial score (nSPS) is 14.0. The topological polar surface area (TPSA) is 67.4 Å². The largest absolute Gasteiger partial charge is 0.469 e. The van der Waals surface area contributed by atoms with E-state index >= 15 is 0 Å². The number of carbonyl (C=O) groups is 2. The van der Waals surface area contributed by atoms with Crippen LogP contribution in [0.4, 0.5) is 5.69 Å². The molecule has 0 spiro atoms. The van der Waals surface area contributed by atoms with Gasteiger partial charge in [0, 0.05) is 17.7 Å². The van der Waals surface area contributed by atoms with Gasteiger partial charge in [0.25, 0.3) is 5.91 Å². The monoisotopic (exact) mass is 416 g/mol. The van der Waals surface area contributed by atoms with Gasteiger partial charge in [0.15, 0.2) is 0 Å². The van der Waals surface area contributed by atoms with Gasteiger partial charge in [0.2, 0.25) is 0 Å². The standard InChI is InChI=1S/C23H28N2O3.ClH/c1-16-15-17(4-10-22(26)28-2)3-9-21(16)25-23(27)20-7-5-18(6-8-20)19-11-13-24-14-12-19;/h3,5-9,15,19,24H,4,10-14H2,1-2H3,(H,25,27);1H. The van der Waals surface area contributed by atoms with E-state index < -0.39 is 0 Å². The summed E-state index contributed by atoms with van der Waals surface area (Å²) in [5.74, 6) is 0.253. The molecule has 5 nitrogen and oxygen atoms in total. The summed E-state index contributed by atoms with van der Waals surface area (Å²) in [4.78, 5) is 23.9. The second-order valence-electron chi connectivity index (χ2n) is 7.33. The zero-order valence-electron chi connectivity index (χ0n) is 17.0. The van der Waals surface area contributed by atoms with Gasteiger partial charge in [-0.05, 0) is 80.1 Å². The van der Waals surface area contributed by atoms with Gasteiger partial charge < -0.3 is 15.4 Å². The lowest BCUT2D eigenvalue weighted by Gasteiger charge is -2.23. The van der Waals surface area contributed by atoms with Crippen molar-refractivity contribution in [3.8, 4) is 0 Å². The highest BCUT2D eigenvalue weighted by Crippen LogP contribution is 2.25. The average Bonchev–Trinajstić information content (AvgIpc) is 2.74. The first-order valence-electron chi connectivity index (χ1n) is 9.85. The van der Waals surface area contributed by atoms with Crippen LogP contribution in [0.1, 0.15) is 52.2 Å². The van der Waals surface area contributed by atoms with Gasteiger partial charge >= 0.3 is 5.97 Å². The minimum absolute atomic E-state index is 0. The number of methoxy groups -OCH3 is 1. The molecule has 1 aliphatic rings. The lowest BCUT2D eigenvalue weighted by molar-refractivity contribution is -0.140. The first kappa shape index (κ1) is 22.9. The molecule has 1 heterocycles. The van der Waals surface area contributed by atoms with Crippen LogP contribution in [0.3, 0.4) is 0 Å². The van der Waals surface area contributed by atoms with Gasteiger partial charge in [-0.3, -0.25) is 9.59 Å². The first-order valence-corrected chi connectivity index (χ1v) is 9.85. The van der Waals surface area contributed by atoms with Gasteiger partial charge in [-0.15, -0.1) is 12.4 Å². The Balaban J connectivity index is 0.00000300. The summed E-state index contributed by atoms with van der Waals surface area (Å²) >= 11 is 0. The third kappa shape index (κ3) is 6.31. The SMILES string of the molecule is COC(=O)CCc1ccc(NC(=O)c2ccc(C3CCNCC3)cc2)c(C)c1.Cl. The van der Waals surface area contributed by atoms with Crippen LogP contribution in [0.2, 0.25) is 0 Å². The second kappa shape index (κ2) is 11.0. The molecule has 2 aromatic carbocycles. The Hall–Kier alpha value is -2.37. The van der Waals surface area contributed by atoms with Crippen LogP contribution in [0.25, 0.3) is 0 Å². The van der Waals surface area contributed by atoms with Crippen molar-refractivity contribution in [1.29, 1.82) is 0 Å². The fourth-order valence-electron chi connectivity index (χ4n) is 3.63. The molecule has 0 atom stereocenters. The van der Waals surface area contributed by atoms with Gasteiger partial charge in [0.1, 0.15) is 0 Å². The van der Waals surface area contributed by atoms with Crippen LogP contribution >= 0.6 is 12.4 Å². The maximum absolute atomic E-state index is 12.6. The molecule has 2 aromatic rings. The van der Waals surface area contributed by atoms with Gasteiger partial charge in [-0.2, -0.15) is 0 Å². The maximum Gasteiger partial charge on any atom is 0.305 e. The van der Waals surface area contributed by atoms with Crippen molar-refractivity contribution < 1.29 is 14.3 Å². The molecule has 1 fully saturated rings. The number of aryl methyl sites for hydroxylation is 2. The highest BCUT2D eigenvalue weighted by molar-refractivity contribution is 6.04. The molecule has 0 aliphatic carbocycles. The smallest absolute Gasteiger partial charge is 0.305 e. The summed E-state index contributed by atoms with van der Waals surface area (Å²) in [6.07, 6.45) is 3.27. The Labute approximate surface area is 178 Å². The minimum atomic E-state index is -0.219. The van der Waals surface area contributed by atoms with Crippen molar-refractivity contribution in [3.05, 3.63) is 64.7 Å². The summed E-state index contributed by atoms with van der Waals surface area (Å²) in [6.45, 7) is 4.07. The number of esters is 1. The van der Waals surface area contributed by atoms with Crippen LogP contribution in [0.15, 0.2) is 42.5 Å². The summed E-state index contributed by atoms with van der Waals surface area (Å²) < 4.78 is 4.68. The predicted octanol–water partition coefficient (Wildman–Crippen LogP) is 4.24. The molecule has 156 valence electrons. The number of nitrogens with one attached hydrogen (secondary N) is 2. The van der Waals surface area contributed by atoms with Crippen LogP contribution in [0.5, 0.6) is 0 Å². The number of ether oxygens (including phenoxy) is 1. The molecule has 0 unspecified atom stereocenters. The van der Waals surface area contributed by atoms with E-state index in [2.05, 4.69) is 27.5 Å². The van der Waals surface area contributed by atoms with Gasteiger partial charge in [0.05, 0.1) is 7.11 Å². The van der Waals surface area contributed by atoms with Crippen molar-refractivity contribution in [3.63, 3.8) is 0 Å². The molecule has 6 heteroatoms. The first-order chi connectivity index (χ1) is 13.6. The number of halogens is 1. The number of amides is 1. The Morgan fingerprint density at radius 1 is 1.10 bits per heavy atom. The molecule has 0 aromatic heterocycles. The Morgan fingerprint density at radius 2 is 1.79 bits per heavy atom. The Morgan fingerprint density at radius 3 is 2.41 bits per heavy atom. The zero-order chi connectivity index (χ0) is 19.9. The number of carbonyl (C=O) groups excluding carboxylic acids is 2. The van der Waals surface area contributed by atoms with E-state index in [1.54, 1.807) is 0 Å². The van der Waals surface area contributed by atoms with E-state index in [4.69, 9.17) is 0 Å². The number of rotatable bonds is 6. The van der Waals surface area contributed by atoms with Crippen LogP contribution in [0, 0.1) is 6.92 Å². The van der Waals surface area contributed by atoms with E-state index in [0.29, 0.717) is 24.3 Å². The van der Waals surface area contributed by atoms with Gasteiger partial charge in [-0.1, -0.05) is 24.3 Å². The molecule has 1 saturated heterocycles. The molecule has 0 radical (unpaired) electrons. The number of hydrogen-bond acceptors (Lipinski definition) is 4. The maximum atomic E-state index is 12.6. The number of hydrogen-bond donors (Lipinski definition) is 2. The van der Waals surface area contributed by atoms with Crippen molar-refractivity contribution in [2.75, 3.05) is 25.5 Å². The highest BCUT2D eigenvalue weighted by Gasteiger charge is 2.16. The minimum Gasteiger partial charge on any atom is -0.469 e. The summed E-state index contributed by atoms with van der Waals surface area (Å²) in [6, 6.07) is 13.8. The number of benzene rings is 2. The van der Waals surface area contributed by atoms with E-state index in [1.165, 1.54) is 12.7 Å². The van der Waals surface area contributed by atoms with Crippen LogP contribution in [-0.4, -0.2) is 32.1 Å². The summed E-state index contributed by atoms with van der Waals surface area (Å²) in [5, 5.41) is 6.37. The quantitative estimate of drug-likeness (QED) is 0.691. The molecule has 1 amide bonds. The fraction of sp³-hybridized carbons (Fsp3) is 0.391. The Kier molecular flexibility index (Phi) is 8.68. The van der Waals surface area contributed by atoms with Crippen LogP contribution < -0.4 is 10.6 Å². The lowest BCUT2D eigenvalue weighted by Crippen LogP contribution is -2.26. The second-order valence-corrected chi connectivity index (χ2v) is 7.33. The molecular formula is C23H29ClN2O3. The molecule has 0 bridgehead atoms. The van der Waals surface area contributed by atoms with Crippen LogP contribution in [-0.2, 0) is 16.0 Å². The zero-order valence-corrected chi connectivity index (χ0v) is 17.8. The van der Waals surface area contributed by atoms with Crippen molar-refractivity contribution >= 4 is 30.0 Å². The fourth-order valence-corrected chi connectivity index (χ4v) is 3.63. The molecule has 0 saturated carbocycles. The van der Waals surface area contributed by atoms with Crippen molar-refractivity contribution in [1.82, 2.24) is 5.32 Å². The number of piperidine rings is 1. The van der Waals surface area contributed by atoms with E-state index in [1.807, 2.05) is 37.3 Å². The molecule has 1 aliphatic heterocycles. The highest BCUT2D eigenvalue weighted by atomic mass is 35.5. The average molecular weight is 417 g/mol. The number of anilines is 1. The van der Waals surface area contributed by atoms with E-state index in [-0.39, 0.29) is 24.3 Å². The Bertz CT molecular complexity index is 831. The van der Waals surface area contributed by atoms with E-state index in [0.717, 1.165) is 42.7 Å².